The zero-order valence-electron chi connectivity index (χ0n) is 19.2. The average molecular weight is 495 g/mol. The number of rotatable bonds is 7. The number of nitrogens with one attached hydrogen (secondary N) is 2. The van der Waals surface area contributed by atoms with E-state index in [9.17, 15) is 22.0 Å². The molecule has 35 heavy (non-hydrogen) atoms. The van der Waals surface area contributed by atoms with Gasteiger partial charge in [-0.1, -0.05) is 0 Å². The molecule has 1 saturated heterocycles. The fourth-order valence-corrected chi connectivity index (χ4v) is 5.26. The zero-order valence-corrected chi connectivity index (χ0v) is 19.2. The van der Waals surface area contributed by atoms with Crippen molar-refractivity contribution < 1.29 is 22.0 Å². The summed E-state index contributed by atoms with van der Waals surface area (Å²) in [7, 11) is 0. The van der Waals surface area contributed by atoms with Crippen molar-refractivity contribution in [3.63, 3.8) is 0 Å². The van der Waals surface area contributed by atoms with E-state index in [0.717, 1.165) is 30.9 Å². The Morgan fingerprint density at radius 3 is 2.69 bits per heavy atom. The van der Waals surface area contributed by atoms with Gasteiger partial charge >= 0.3 is 6.18 Å². The van der Waals surface area contributed by atoms with Crippen molar-refractivity contribution in [1.82, 2.24) is 25.0 Å². The Morgan fingerprint density at radius 1 is 1.20 bits per heavy atom. The van der Waals surface area contributed by atoms with Crippen LogP contribution >= 0.6 is 0 Å². The lowest BCUT2D eigenvalue weighted by Gasteiger charge is -2.42. The van der Waals surface area contributed by atoms with Gasteiger partial charge < -0.3 is 5.32 Å². The fraction of sp³-hybridized carbons (Fsp3) is 0.500. The number of alkyl halides is 4. The summed E-state index contributed by atoms with van der Waals surface area (Å²) in [4.78, 5) is 8.01. The lowest BCUT2D eigenvalue weighted by atomic mass is 9.85. The first-order valence-electron chi connectivity index (χ1n) is 11.7. The van der Waals surface area contributed by atoms with Gasteiger partial charge in [0.05, 0.1) is 49.1 Å². The normalized spacial score (nSPS) is 21.8. The Morgan fingerprint density at radius 2 is 2.00 bits per heavy atom. The highest BCUT2D eigenvalue weighted by Gasteiger charge is 2.42. The average Bonchev–Trinajstić information content (AvgIpc) is 3.27. The predicted octanol–water partition coefficient (Wildman–Crippen LogP) is 4.45. The lowest BCUT2D eigenvalue weighted by molar-refractivity contribution is -0.155. The van der Waals surface area contributed by atoms with Crippen molar-refractivity contribution in [2.24, 2.45) is 0 Å². The molecule has 0 spiro atoms. The van der Waals surface area contributed by atoms with Gasteiger partial charge in [-0.2, -0.15) is 18.3 Å². The maximum atomic E-state index is 14.9. The first-order valence-corrected chi connectivity index (χ1v) is 11.7. The topological polar surface area (TPSA) is 60.1 Å². The predicted molar refractivity (Wildman–Crippen MR) is 123 cm³/mol. The highest BCUT2D eigenvalue weighted by Crippen LogP contribution is 2.42. The molecule has 0 bridgehead atoms. The number of halogens is 5. The second-order valence-corrected chi connectivity index (χ2v) is 9.44. The Hall–Kier alpha value is -2.79. The SMILES string of the molecule is C[C@@H]1Cc2c(cc(F)c3[nH]ncc23)[C@@H](c2ccc(NC3CN(CCCF)C3)cn2)N1CC(F)(F)F. The number of fused-ring (bicyclic) bond motifs is 3. The minimum atomic E-state index is -4.41. The molecule has 0 radical (unpaired) electrons. The van der Waals surface area contributed by atoms with Gasteiger partial charge in [0.15, 0.2) is 0 Å². The van der Waals surface area contributed by atoms with E-state index in [-0.39, 0.29) is 18.2 Å². The van der Waals surface area contributed by atoms with Gasteiger partial charge in [0, 0.05) is 31.1 Å². The third-order valence-electron chi connectivity index (χ3n) is 6.89. The maximum Gasteiger partial charge on any atom is 0.401 e. The number of nitrogens with zero attached hydrogens (tertiary/aromatic N) is 4. The lowest BCUT2D eigenvalue weighted by Crippen LogP contribution is -2.54. The van der Waals surface area contributed by atoms with Crippen LogP contribution < -0.4 is 5.32 Å². The van der Waals surface area contributed by atoms with Gasteiger partial charge in [-0.15, -0.1) is 0 Å². The van der Waals surface area contributed by atoms with Gasteiger partial charge in [0.1, 0.15) is 11.3 Å². The van der Waals surface area contributed by atoms with Crippen LogP contribution in [0.3, 0.4) is 0 Å². The number of anilines is 1. The molecule has 2 aliphatic rings. The molecule has 5 rings (SSSR count). The summed E-state index contributed by atoms with van der Waals surface area (Å²) in [6.07, 6.45) is -0.418. The Kier molecular flexibility index (Phi) is 6.39. The van der Waals surface area contributed by atoms with Crippen LogP contribution in [0.15, 0.2) is 30.6 Å². The third-order valence-corrected chi connectivity index (χ3v) is 6.89. The van der Waals surface area contributed by atoms with Gasteiger partial charge in [-0.3, -0.25) is 24.3 Å². The third kappa shape index (κ3) is 4.84. The summed E-state index contributed by atoms with van der Waals surface area (Å²) in [5, 5.41) is 10.5. The number of pyridine rings is 1. The van der Waals surface area contributed by atoms with E-state index >= 15 is 0 Å². The van der Waals surface area contributed by atoms with Gasteiger partial charge in [0.2, 0.25) is 0 Å². The first-order chi connectivity index (χ1) is 16.7. The first kappa shape index (κ1) is 23.9. The van der Waals surface area contributed by atoms with E-state index in [1.54, 1.807) is 25.3 Å². The van der Waals surface area contributed by atoms with Crippen LogP contribution in [0.5, 0.6) is 0 Å². The van der Waals surface area contributed by atoms with E-state index in [4.69, 9.17) is 0 Å². The van der Waals surface area contributed by atoms with Crippen molar-refractivity contribution in [2.75, 3.05) is 38.2 Å². The molecule has 0 saturated carbocycles. The van der Waals surface area contributed by atoms with Crippen molar-refractivity contribution in [3.8, 4) is 0 Å². The minimum absolute atomic E-state index is 0.211. The highest BCUT2D eigenvalue weighted by atomic mass is 19.4. The number of hydrogen-bond acceptors (Lipinski definition) is 5. The molecule has 6 nitrogen and oxygen atoms in total. The number of benzene rings is 1. The van der Waals surface area contributed by atoms with Gasteiger partial charge in [-0.25, -0.2) is 4.39 Å². The number of aromatic amines is 1. The van der Waals surface area contributed by atoms with Crippen LogP contribution in [0.2, 0.25) is 0 Å². The molecule has 2 atom stereocenters. The van der Waals surface area contributed by atoms with Crippen LogP contribution in [-0.2, 0) is 6.42 Å². The van der Waals surface area contributed by atoms with E-state index in [2.05, 4.69) is 25.4 Å². The Bertz CT molecular complexity index is 1170. The quantitative estimate of drug-likeness (QED) is 0.476. The summed E-state index contributed by atoms with van der Waals surface area (Å²) < 4.78 is 67.8. The molecule has 2 aromatic heterocycles. The van der Waals surface area contributed by atoms with Crippen molar-refractivity contribution in [1.29, 1.82) is 0 Å². The number of likely N-dealkylation sites (tertiary alicyclic amines) is 1. The van der Waals surface area contributed by atoms with Gasteiger partial charge in [0.25, 0.3) is 0 Å². The molecular formula is C24H27F5N6. The molecule has 4 heterocycles. The Labute approximate surface area is 199 Å². The minimum Gasteiger partial charge on any atom is -0.378 e. The molecule has 1 fully saturated rings. The van der Waals surface area contributed by atoms with E-state index in [1.807, 2.05) is 0 Å². The van der Waals surface area contributed by atoms with Crippen LogP contribution in [0.4, 0.5) is 27.6 Å². The molecule has 188 valence electrons. The second kappa shape index (κ2) is 9.34. The summed E-state index contributed by atoms with van der Waals surface area (Å²) in [5.74, 6) is -0.552. The van der Waals surface area contributed by atoms with Gasteiger partial charge in [-0.05, 0) is 49.1 Å². The van der Waals surface area contributed by atoms with E-state index < -0.39 is 30.6 Å². The summed E-state index contributed by atoms with van der Waals surface area (Å²) in [6.45, 7) is 2.62. The monoisotopic (exact) mass is 494 g/mol. The molecule has 0 unspecified atom stereocenters. The number of hydrogen-bond donors (Lipinski definition) is 2. The van der Waals surface area contributed by atoms with Crippen LogP contribution in [0.1, 0.15) is 36.2 Å². The summed E-state index contributed by atoms with van der Waals surface area (Å²) >= 11 is 0. The summed E-state index contributed by atoms with van der Waals surface area (Å²) in [6, 6.07) is 3.73. The van der Waals surface area contributed by atoms with Crippen LogP contribution in [0.25, 0.3) is 10.9 Å². The molecule has 3 aromatic rings. The van der Waals surface area contributed by atoms with Crippen molar-refractivity contribution in [2.45, 2.75) is 44.1 Å². The molecule has 2 N–H and O–H groups in total. The van der Waals surface area contributed by atoms with E-state index in [0.29, 0.717) is 29.5 Å². The van der Waals surface area contributed by atoms with Crippen LogP contribution in [0, 0.1) is 5.82 Å². The fourth-order valence-electron chi connectivity index (χ4n) is 5.26. The molecular weight excluding hydrogens is 467 g/mol. The van der Waals surface area contributed by atoms with Crippen molar-refractivity contribution >= 4 is 16.6 Å². The smallest absolute Gasteiger partial charge is 0.378 e. The summed E-state index contributed by atoms with van der Waals surface area (Å²) in [5.41, 5.74) is 2.71. The Balaban J connectivity index is 1.43. The van der Waals surface area contributed by atoms with E-state index in [1.165, 1.54) is 17.2 Å². The standard InChI is InChI=1S/C24H27F5N6/c1-14-7-17-18(8-20(26)22-19(17)10-31-33-22)23(35(14)13-24(27,28)29)21-4-3-15(9-30-21)32-16-11-34(12-16)6-2-5-25/h3-4,8-10,14,16,23,32H,2,5-7,11-13H2,1H3,(H,31,33)/t14-,23+/m1/s1. The zero-order chi connectivity index (χ0) is 24.7. The largest absolute Gasteiger partial charge is 0.401 e. The maximum absolute atomic E-state index is 14.9. The number of aromatic nitrogens is 3. The van der Waals surface area contributed by atoms with Crippen LogP contribution in [-0.4, -0.2) is 76.1 Å². The molecule has 0 amide bonds. The molecule has 0 aliphatic carbocycles. The molecule has 11 heteroatoms. The molecule has 1 aromatic carbocycles. The molecule has 2 aliphatic heterocycles. The van der Waals surface area contributed by atoms with Crippen molar-refractivity contribution in [3.05, 3.63) is 53.2 Å². The highest BCUT2D eigenvalue weighted by molar-refractivity contribution is 5.84. The number of H-pyrrole nitrogens is 1. The second-order valence-electron chi connectivity index (χ2n) is 9.44.